The molecule has 11 heteroatoms. The topological polar surface area (TPSA) is 161 Å². The van der Waals surface area contributed by atoms with Gasteiger partial charge in [-0.2, -0.15) is 0 Å². The van der Waals surface area contributed by atoms with Gasteiger partial charge in [0.15, 0.2) is 0 Å². The number of para-hydroxylation sites is 2. The molecular weight excluding hydrogens is 756 g/mol. The average molecular weight is 830 g/mol. The first-order chi connectivity index (χ1) is 27.4. The van der Waals surface area contributed by atoms with Crippen LogP contribution < -0.4 is 5.32 Å². The fraction of sp³-hybridized carbons (Fsp3) is 0.652. The number of carboxylic acid groups (broad SMARTS) is 4. The highest BCUT2D eigenvalue weighted by molar-refractivity contribution is 7.18. The van der Waals surface area contributed by atoms with Crippen LogP contribution in [-0.2, 0) is 29.5 Å². The first-order valence-electron chi connectivity index (χ1n) is 21.8. The predicted octanol–water partition coefficient (Wildman–Crippen LogP) is 12.8. The summed E-state index contributed by atoms with van der Waals surface area (Å²) in [6, 6.07) is 17.3. The number of rotatable bonds is 36. The summed E-state index contributed by atoms with van der Waals surface area (Å²) >= 11 is 0. The number of hydrogen-bond acceptors (Lipinski definition) is 5. The minimum Gasteiger partial charge on any atom is -0.481 e. The summed E-state index contributed by atoms with van der Waals surface area (Å²) in [5.74, 6) is -2.94. The lowest BCUT2D eigenvalue weighted by atomic mass is 9.84. The Morgan fingerprint density at radius 3 is 0.877 bits per heavy atom. The number of hydrogen-bond donors (Lipinski definition) is 5. The summed E-state index contributed by atoms with van der Waals surface area (Å²) < 4.78 is 0. The SMILES string of the molecule is O=C(O)CCCCCCCC(P)(CCCCCCCC(=O)O)c1ccccc1Nc1ccccc1C(P)(CCCCCCCC(=O)O)CCCCCCCC(=O)O. The second-order valence-corrected chi connectivity index (χ2v) is 18.4. The van der Waals surface area contributed by atoms with Crippen LogP contribution in [0, 0.1) is 0 Å². The van der Waals surface area contributed by atoms with Crippen LogP contribution in [0.2, 0.25) is 0 Å². The van der Waals surface area contributed by atoms with Gasteiger partial charge in [-0.3, -0.25) is 19.2 Å². The molecule has 0 saturated heterocycles. The minimum atomic E-state index is -0.735. The molecular formula is C46H73NO8P2. The number of carbonyl (C=O) groups is 4. The molecule has 2 aromatic carbocycles. The summed E-state index contributed by atoms with van der Waals surface area (Å²) in [6.45, 7) is 0. The second kappa shape index (κ2) is 29.2. The molecule has 0 aliphatic heterocycles. The Balaban J connectivity index is 2.29. The van der Waals surface area contributed by atoms with E-state index < -0.39 is 23.9 Å². The molecule has 0 aliphatic carbocycles. The lowest BCUT2D eigenvalue weighted by molar-refractivity contribution is -0.138. The van der Waals surface area contributed by atoms with Crippen molar-refractivity contribution < 1.29 is 39.6 Å². The van der Waals surface area contributed by atoms with Crippen LogP contribution in [0.1, 0.15) is 191 Å². The van der Waals surface area contributed by atoms with Crippen molar-refractivity contribution in [3.8, 4) is 0 Å². The maximum Gasteiger partial charge on any atom is 0.303 e. The lowest BCUT2D eigenvalue weighted by Crippen LogP contribution is -2.22. The third-order valence-electron chi connectivity index (χ3n) is 11.3. The van der Waals surface area contributed by atoms with E-state index in [0.717, 1.165) is 140 Å². The molecule has 0 aliphatic rings. The van der Waals surface area contributed by atoms with Gasteiger partial charge in [-0.1, -0.05) is 139 Å². The Bertz CT molecular complexity index is 1300. The maximum absolute atomic E-state index is 11.0. The van der Waals surface area contributed by atoms with Crippen molar-refractivity contribution >= 4 is 53.7 Å². The molecule has 320 valence electrons. The van der Waals surface area contributed by atoms with Gasteiger partial charge in [-0.25, -0.2) is 0 Å². The zero-order valence-electron chi connectivity index (χ0n) is 34.5. The molecule has 0 fully saturated rings. The van der Waals surface area contributed by atoms with E-state index >= 15 is 0 Å². The first-order valence-corrected chi connectivity index (χ1v) is 22.9. The first kappa shape index (κ1) is 50.1. The molecule has 0 radical (unpaired) electrons. The van der Waals surface area contributed by atoms with E-state index in [4.69, 9.17) is 20.4 Å². The molecule has 2 aromatic rings. The summed E-state index contributed by atoms with van der Waals surface area (Å²) in [5, 5.41) is 39.7. The highest BCUT2D eigenvalue weighted by Gasteiger charge is 2.31. The van der Waals surface area contributed by atoms with Gasteiger partial charge in [-0.05, 0) is 74.6 Å². The van der Waals surface area contributed by atoms with Crippen molar-refractivity contribution in [2.45, 2.75) is 190 Å². The Morgan fingerprint density at radius 1 is 0.386 bits per heavy atom. The van der Waals surface area contributed by atoms with Crippen molar-refractivity contribution in [1.82, 2.24) is 0 Å². The van der Waals surface area contributed by atoms with Gasteiger partial charge in [-0.15, -0.1) is 18.5 Å². The van der Waals surface area contributed by atoms with E-state index in [2.05, 4.69) is 72.3 Å². The Labute approximate surface area is 347 Å². The zero-order chi connectivity index (χ0) is 41.8. The van der Waals surface area contributed by atoms with Gasteiger partial charge in [0.05, 0.1) is 0 Å². The smallest absolute Gasteiger partial charge is 0.303 e. The Morgan fingerprint density at radius 2 is 0.614 bits per heavy atom. The van der Waals surface area contributed by atoms with E-state index in [1.807, 2.05) is 0 Å². The van der Waals surface area contributed by atoms with E-state index in [9.17, 15) is 19.2 Å². The van der Waals surface area contributed by atoms with Gasteiger partial charge >= 0.3 is 23.9 Å². The van der Waals surface area contributed by atoms with Gasteiger partial charge in [0.1, 0.15) is 0 Å². The molecule has 0 aromatic heterocycles. The van der Waals surface area contributed by atoms with Gasteiger partial charge in [0, 0.05) is 47.4 Å². The lowest BCUT2D eigenvalue weighted by Gasteiger charge is -2.35. The molecule has 2 rings (SSSR count). The summed E-state index contributed by atoms with van der Waals surface area (Å²) in [4.78, 5) is 43.9. The van der Waals surface area contributed by atoms with Crippen LogP contribution >= 0.6 is 18.5 Å². The van der Waals surface area contributed by atoms with E-state index in [1.165, 1.54) is 11.1 Å². The predicted molar refractivity (Wildman–Crippen MR) is 239 cm³/mol. The third-order valence-corrected chi connectivity index (χ3v) is 13.0. The molecule has 0 heterocycles. The minimum absolute atomic E-state index is 0.167. The monoisotopic (exact) mass is 829 g/mol. The van der Waals surface area contributed by atoms with Crippen LogP contribution in [0.4, 0.5) is 11.4 Å². The highest BCUT2D eigenvalue weighted by atomic mass is 31.0. The highest BCUT2D eigenvalue weighted by Crippen LogP contribution is 2.48. The van der Waals surface area contributed by atoms with E-state index in [-0.39, 0.29) is 36.0 Å². The van der Waals surface area contributed by atoms with Crippen molar-refractivity contribution in [1.29, 1.82) is 0 Å². The fourth-order valence-electron chi connectivity index (χ4n) is 7.97. The van der Waals surface area contributed by atoms with Crippen LogP contribution in [0.25, 0.3) is 0 Å². The van der Waals surface area contributed by atoms with Crippen LogP contribution in [0.15, 0.2) is 48.5 Å². The molecule has 0 bridgehead atoms. The number of anilines is 2. The van der Waals surface area contributed by atoms with Crippen LogP contribution in [0.3, 0.4) is 0 Å². The largest absolute Gasteiger partial charge is 0.481 e. The normalized spacial score (nSPS) is 11.8. The van der Waals surface area contributed by atoms with Crippen molar-refractivity contribution in [2.75, 3.05) is 5.32 Å². The zero-order valence-corrected chi connectivity index (χ0v) is 36.8. The van der Waals surface area contributed by atoms with Crippen molar-refractivity contribution in [2.24, 2.45) is 0 Å². The number of benzene rings is 2. The van der Waals surface area contributed by atoms with E-state index in [0.29, 0.717) is 25.7 Å². The molecule has 9 nitrogen and oxygen atoms in total. The molecule has 0 saturated carbocycles. The molecule has 2 atom stereocenters. The fourth-order valence-corrected chi connectivity index (χ4v) is 9.29. The Hall–Kier alpha value is -3.02. The van der Waals surface area contributed by atoms with Crippen molar-refractivity contribution in [3.63, 3.8) is 0 Å². The molecule has 5 N–H and O–H groups in total. The number of unbranched alkanes of at least 4 members (excludes halogenated alkanes) is 16. The number of nitrogens with one attached hydrogen (secondary N) is 1. The number of carboxylic acids is 4. The van der Waals surface area contributed by atoms with Crippen LogP contribution in [-0.4, -0.2) is 44.3 Å². The van der Waals surface area contributed by atoms with Gasteiger partial charge in [0.25, 0.3) is 0 Å². The summed E-state index contributed by atoms with van der Waals surface area (Å²) in [7, 11) is 6.47. The molecule has 0 amide bonds. The molecule has 2 unspecified atom stereocenters. The van der Waals surface area contributed by atoms with Crippen LogP contribution in [0.5, 0.6) is 0 Å². The molecule has 57 heavy (non-hydrogen) atoms. The summed E-state index contributed by atoms with van der Waals surface area (Å²) in [6.07, 6.45) is 23.9. The Kier molecular flexibility index (Phi) is 25.7. The standard InChI is InChI=1S/C46H73NO8P2/c48-41(49)29-13-5-1-9-21-33-45(56,34-22-10-2-6-14-30-42(50)51)37-25-17-19-27-39(37)47-40-28-20-18-26-38(40)46(57,35-23-11-3-7-15-31-43(52)53)36-24-12-4-8-16-32-44(54)55/h17-20,25-28,47H,1-16,21-24,29-36,56-57H2,(H,48,49)(H,50,51)(H,52,53)(H,54,55). The third kappa shape index (κ3) is 22.1. The average Bonchev–Trinajstić information content (AvgIpc) is 3.16. The second-order valence-electron chi connectivity index (χ2n) is 16.2. The van der Waals surface area contributed by atoms with E-state index in [1.54, 1.807) is 0 Å². The quantitative estimate of drug-likeness (QED) is 0.0332. The molecule has 0 spiro atoms. The van der Waals surface area contributed by atoms with Gasteiger partial charge < -0.3 is 25.7 Å². The maximum atomic E-state index is 11.0. The number of aliphatic carboxylic acids is 4. The van der Waals surface area contributed by atoms with Crippen molar-refractivity contribution in [3.05, 3.63) is 59.7 Å². The summed E-state index contributed by atoms with van der Waals surface area (Å²) in [5.41, 5.74) is 4.71. The van der Waals surface area contributed by atoms with Gasteiger partial charge in [0.2, 0.25) is 0 Å².